The van der Waals surface area contributed by atoms with Crippen LogP contribution in [0.2, 0.25) is 0 Å². The molecule has 1 amide bonds. The largest absolute Gasteiger partial charge is 0.494 e. The van der Waals surface area contributed by atoms with Gasteiger partial charge < -0.3 is 20.1 Å². The predicted molar refractivity (Wildman–Crippen MR) is 64.2 cm³/mol. The SMILES string of the molecule is COc1cc(F)ccc1NC(=O)C1COCCN1. The second-order valence-electron chi connectivity index (χ2n) is 3.92. The van der Waals surface area contributed by atoms with Crippen molar-refractivity contribution in [3.05, 3.63) is 24.0 Å². The Labute approximate surface area is 104 Å². The average molecular weight is 254 g/mol. The molecule has 1 aromatic rings. The molecule has 1 heterocycles. The maximum atomic E-state index is 13.0. The van der Waals surface area contributed by atoms with E-state index < -0.39 is 11.9 Å². The molecule has 0 bridgehead atoms. The van der Waals surface area contributed by atoms with Crippen LogP contribution in [0.5, 0.6) is 5.75 Å². The van der Waals surface area contributed by atoms with Crippen molar-refractivity contribution in [2.75, 3.05) is 32.2 Å². The minimum atomic E-state index is -0.413. The number of rotatable bonds is 3. The Morgan fingerprint density at radius 1 is 1.61 bits per heavy atom. The Balaban J connectivity index is 2.06. The molecular formula is C12H15FN2O3. The minimum Gasteiger partial charge on any atom is -0.494 e. The fourth-order valence-corrected chi connectivity index (χ4v) is 1.72. The van der Waals surface area contributed by atoms with E-state index in [0.717, 1.165) is 0 Å². The first-order valence-electron chi connectivity index (χ1n) is 5.66. The molecule has 1 aliphatic rings. The molecule has 1 aliphatic heterocycles. The van der Waals surface area contributed by atoms with Crippen molar-refractivity contribution < 1.29 is 18.7 Å². The second-order valence-corrected chi connectivity index (χ2v) is 3.92. The number of carbonyl (C=O) groups is 1. The van der Waals surface area contributed by atoms with Crippen LogP contribution in [0, 0.1) is 5.82 Å². The fourth-order valence-electron chi connectivity index (χ4n) is 1.72. The third kappa shape index (κ3) is 2.96. The minimum absolute atomic E-state index is 0.223. The van der Waals surface area contributed by atoms with E-state index in [0.29, 0.717) is 31.2 Å². The van der Waals surface area contributed by atoms with E-state index in [2.05, 4.69) is 10.6 Å². The topological polar surface area (TPSA) is 59.6 Å². The second kappa shape index (κ2) is 5.79. The lowest BCUT2D eigenvalue weighted by Gasteiger charge is -2.23. The Morgan fingerprint density at radius 3 is 3.11 bits per heavy atom. The third-order valence-electron chi connectivity index (χ3n) is 2.66. The van der Waals surface area contributed by atoms with Crippen LogP contribution >= 0.6 is 0 Å². The Kier molecular flexibility index (Phi) is 4.11. The van der Waals surface area contributed by atoms with Crippen molar-refractivity contribution >= 4 is 11.6 Å². The van der Waals surface area contributed by atoms with Crippen LogP contribution in [0.3, 0.4) is 0 Å². The van der Waals surface area contributed by atoms with Crippen molar-refractivity contribution in [2.45, 2.75) is 6.04 Å². The molecule has 0 saturated carbocycles. The number of methoxy groups -OCH3 is 1. The summed E-state index contributed by atoms with van der Waals surface area (Å²) in [4.78, 5) is 11.9. The molecule has 18 heavy (non-hydrogen) atoms. The molecule has 1 saturated heterocycles. The number of nitrogens with one attached hydrogen (secondary N) is 2. The molecule has 0 aliphatic carbocycles. The van der Waals surface area contributed by atoms with Crippen LogP contribution in [0.4, 0.5) is 10.1 Å². The van der Waals surface area contributed by atoms with Gasteiger partial charge in [0.05, 0.1) is 26.0 Å². The third-order valence-corrected chi connectivity index (χ3v) is 2.66. The Morgan fingerprint density at radius 2 is 2.44 bits per heavy atom. The molecule has 6 heteroatoms. The van der Waals surface area contributed by atoms with Crippen molar-refractivity contribution in [3.63, 3.8) is 0 Å². The molecule has 2 rings (SSSR count). The van der Waals surface area contributed by atoms with E-state index >= 15 is 0 Å². The number of hydrogen-bond acceptors (Lipinski definition) is 4. The lowest BCUT2D eigenvalue weighted by Crippen LogP contribution is -2.48. The van der Waals surface area contributed by atoms with Gasteiger partial charge in [-0.3, -0.25) is 4.79 Å². The van der Waals surface area contributed by atoms with Gasteiger partial charge in [-0.1, -0.05) is 0 Å². The van der Waals surface area contributed by atoms with E-state index in [-0.39, 0.29) is 5.91 Å². The van der Waals surface area contributed by atoms with Crippen LogP contribution < -0.4 is 15.4 Å². The highest BCUT2D eigenvalue weighted by Gasteiger charge is 2.22. The molecule has 5 nitrogen and oxygen atoms in total. The summed E-state index contributed by atoms with van der Waals surface area (Å²) in [5.41, 5.74) is 0.441. The van der Waals surface area contributed by atoms with Crippen molar-refractivity contribution in [2.24, 2.45) is 0 Å². The highest BCUT2D eigenvalue weighted by molar-refractivity contribution is 5.96. The number of anilines is 1. The quantitative estimate of drug-likeness (QED) is 0.836. The van der Waals surface area contributed by atoms with Crippen LogP contribution in [0.1, 0.15) is 0 Å². The van der Waals surface area contributed by atoms with Crippen LogP contribution in [0.15, 0.2) is 18.2 Å². The zero-order chi connectivity index (χ0) is 13.0. The van der Waals surface area contributed by atoms with E-state index in [9.17, 15) is 9.18 Å². The number of carbonyl (C=O) groups excluding carboxylic acids is 1. The zero-order valence-corrected chi connectivity index (χ0v) is 10.0. The zero-order valence-electron chi connectivity index (χ0n) is 10.0. The summed E-state index contributed by atoms with van der Waals surface area (Å²) < 4.78 is 23.2. The molecule has 1 aromatic carbocycles. The summed E-state index contributed by atoms with van der Waals surface area (Å²) in [5, 5.41) is 5.72. The van der Waals surface area contributed by atoms with Gasteiger partial charge in [0.15, 0.2) is 0 Å². The van der Waals surface area contributed by atoms with Crippen LogP contribution in [-0.4, -0.2) is 38.8 Å². The van der Waals surface area contributed by atoms with Crippen molar-refractivity contribution in [1.29, 1.82) is 0 Å². The van der Waals surface area contributed by atoms with Gasteiger partial charge in [0.25, 0.3) is 0 Å². The maximum absolute atomic E-state index is 13.0. The van der Waals surface area contributed by atoms with Gasteiger partial charge in [-0.05, 0) is 12.1 Å². The predicted octanol–water partition coefficient (Wildman–Crippen LogP) is 0.761. The molecule has 0 radical (unpaired) electrons. The number of ether oxygens (including phenoxy) is 2. The van der Waals surface area contributed by atoms with Crippen LogP contribution in [0.25, 0.3) is 0 Å². The van der Waals surface area contributed by atoms with E-state index in [1.54, 1.807) is 0 Å². The number of amides is 1. The van der Waals surface area contributed by atoms with E-state index in [1.807, 2.05) is 0 Å². The molecule has 1 fully saturated rings. The fraction of sp³-hybridized carbons (Fsp3) is 0.417. The maximum Gasteiger partial charge on any atom is 0.244 e. The number of hydrogen-bond donors (Lipinski definition) is 2. The Bertz CT molecular complexity index is 433. The summed E-state index contributed by atoms with van der Waals surface area (Å²) in [5.74, 6) is -0.344. The van der Waals surface area contributed by atoms with Crippen LogP contribution in [-0.2, 0) is 9.53 Å². The lowest BCUT2D eigenvalue weighted by molar-refractivity contribution is -0.120. The van der Waals surface area contributed by atoms with E-state index in [1.165, 1.54) is 25.3 Å². The standard InChI is InChI=1S/C12H15FN2O3/c1-17-11-6-8(13)2-3-9(11)15-12(16)10-7-18-5-4-14-10/h2-3,6,10,14H,4-5,7H2,1H3,(H,15,16). The summed E-state index contributed by atoms with van der Waals surface area (Å²) in [7, 11) is 1.42. The summed E-state index contributed by atoms with van der Waals surface area (Å²) in [6.07, 6.45) is 0. The van der Waals surface area contributed by atoms with Gasteiger partial charge in [0, 0.05) is 12.6 Å². The first-order valence-corrected chi connectivity index (χ1v) is 5.66. The monoisotopic (exact) mass is 254 g/mol. The normalized spacial score (nSPS) is 19.3. The molecule has 98 valence electrons. The van der Waals surface area contributed by atoms with Crippen molar-refractivity contribution in [3.8, 4) is 5.75 Å². The summed E-state index contributed by atoms with van der Waals surface area (Å²) in [6, 6.07) is 3.56. The highest BCUT2D eigenvalue weighted by Crippen LogP contribution is 2.25. The van der Waals surface area contributed by atoms with Gasteiger partial charge in [0.2, 0.25) is 5.91 Å². The van der Waals surface area contributed by atoms with E-state index in [4.69, 9.17) is 9.47 Å². The first-order chi connectivity index (χ1) is 8.70. The molecule has 1 atom stereocenters. The van der Waals surface area contributed by atoms with Gasteiger partial charge in [0.1, 0.15) is 17.6 Å². The summed E-state index contributed by atoms with van der Waals surface area (Å²) in [6.45, 7) is 1.57. The molecular weight excluding hydrogens is 239 g/mol. The molecule has 1 unspecified atom stereocenters. The number of halogens is 1. The Hall–Kier alpha value is -1.66. The highest BCUT2D eigenvalue weighted by atomic mass is 19.1. The summed E-state index contributed by atoms with van der Waals surface area (Å²) >= 11 is 0. The smallest absolute Gasteiger partial charge is 0.244 e. The van der Waals surface area contributed by atoms with Gasteiger partial charge >= 0.3 is 0 Å². The number of benzene rings is 1. The lowest BCUT2D eigenvalue weighted by atomic mass is 10.2. The molecule has 0 aromatic heterocycles. The number of morpholine rings is 1. The van der Waals surface area contributed by atoms with Crippen molar-refractivity contribution in [1.82, 2.24) is 5.32 Å². The first kappa shape index (κ1) is 12.8. The molecule has 2 N–H and O–H groups in total. The van der Waals surface area contributed by atoms with Gasteiger partial charge in [-0.2, -0.15) is 0 Å². The van der Waals surface area contributed by atoms with Gasteiger partial charge in [-0.25, -0.2) is 4.39 Å². The average Bonchev–Trinajstić information content (AvgIpc) is 2.41. The molecule has 0 spiro atoms. The van der Waals surface area contributed by atoms with Gasteiger partial charge in [-0.15, -0.1) is 0 Å².